The third kappa shape index (κ3) is 5.90. The van der Waals surface area contributed by atoms with E-state index in [-0.39, 0.29) is 37.7 Å². The zero-order valence-electron chi connectivity index (χ0n) is 37.1. The van der Waals surface area contributed by atoms with E-state index in [1.54, 1.807) is 12.3 Å². The molecule has 3 heterocycles. The normalized spacial score (nSPS) is 15.7. The molecular weight excluding hydrogens is 808 g/mol. The van der Waals surface area contributed by atoms with Crippen molar-refractivity contribution in [1.82, 2.24) is 9.97 Å². The SMILES string of the molecule is [2H]C([2H])([2H])C(c1ccc(O)c2nc(-c3[c-]c4c(c(-c5c(C)cc(-c6ccccc6)cc5C)c3)N(C)c3ccccc3N4c3ccccn3)ccc12)(C([2H])([2H])[2H])C([2H])([2H])[2H].[Pt]. The van der Waals surface area contributed by atoms with E-state index in [9.17, 15) is 5.11 Å². The summed E-state index contributed by atoms with van der Waals surface area (Å²) >= 11 is 0. The van der Waals surface area contributed by atoms with Gasteiger partial charge in [0.1, 0.15) is 17.1 Å². The maximum Gasteiger partial charge on any atom is 0.140 e. The molecule has 1 N–H and O–H groups in total. The molecule has 1 aliphatic heterocycles. The zero-order chi connectivity index (χ0) is 42.2. The molecule has 5 aromatic carbocycles. The van der Waals surface area contributed by atoms with Gasteiger partial charge in [0, 0.05) is 52.0 Å². The summed E-state index contributed by atoms with van der Waals surface area (Å²) in [5.74, 6) is 0.261. The molecule has 6 heteroatoms. The van der Waals surface area contributed by atoms with Gasteiger partial charge in [-0.15, -0.1) is 17.7 Å². The van der Waals surface area contributed by atoms with Crippen LogP contribution in [-0.4, -0.2) is 22.1 Å². The first kappa shape index (κ1) is 24.8. The number of rotatable bonds is 4. The van der Waals surface area contributed by atoms with Gasteiger partial charge in [0.15, 0.2) is 0 Å². The van der Waals surface area contributed by atoms with Crippen LogP contribution < -0.4 is 9.80 Å². The van der Waals surface area contributed by atoms with E-state index in [1.807, 2.05) is 78.7 Å². The molecule has 1 aliphatic rings. The average Bonchev–Trinajstić information content (AvgIpc) is 3.17. The summed E-state index contributed by atoms with van der Waals surface area (Å²) in [6.07, 6.45) is 1.72. The van der Waals surface area contributed by atoms with Crippen LogP contribution in [0, 0.1) is 19.9 Å². The van der Waals surface area contributed by atoms with Crippen molar-refractivity contribution < 1.29 is 38.5 Å². The molecule has 5 nitrogen and oxygen atoms in total. The minimum Gasteiger partial charge on any atom is -0.506 e. The van der Waals surface area contributed by atoms with E-state index < -0.39 is 31.5 Å². The van der Waals surface area contributed by atoms with Gasteiger partial charge in [0.05, 0.1) is 11.4 Å². The molecule has 0 spiro atoms. The van der Waals surface area contributed by atoms with E-state index in [0.29, 0.717) is 22.8 Å². The Bertz CT molecular complexity index is 2700. The van der Waals surface area contributed by atoms with Crippen LogP contribution in [0.15, 0.2) is 121 Å². The van der Waals surface area contributed by atoms with E-state index in [2.05, 4.69) is 49.1 Å². The molecule has 0 aliphatic carbocycles. The largest absolute Gasteiger partial charge is 0.506 e. The number of hydrogen-bond acceptors (Lipinski definition) is 5. The smallest absolute Gasteiger partial charge is 0.140 e. The third-order valence-electron chi connectivity index (χ3n) is 9.37. The number of aromatic hydroxyl groups is 1. The summed E-state index contributed by atoms with van der Waals surface area (Å²) in [4.78, 5) is 13.8. The number of para-hydroxylation sites is 2. The number of benzene rings is 5. The topological polar surface area (TPSA) is 52.5 Å². The van der Waals surface area contributed by atoms with Crippen LogP contribution in [-0.2, 0) is 26.5 Å². The number of hydrogen-bond donors (Lipinski definition) is 1. The van der Waals surface area contributed by atoms with Crippen molar-refractivity contribution in [2.24, 2.45) is 0 Å². The van der Waals surface area contributed by atoms with Crippen LogP contribution in [0.4, 0.5) is 28.6 Å². The van der Waals surface area contributed by atoms with Gasteiger partial charge < -0.3 is 14.9 Å². The van der Waals surface area contributed by atoms with E-state index in [0.717, 1.165) is 62.6 Å². The molecule has 51 heavy (non-hydrogen) atoms. The van der Waals surface area contributed by atoms with Crippen LogP contribution in [0.5, 0.6) is 5.75 Å². The number of nitrogens with zero attached hydrogens (tertiary/aromatic N) is 4. The Morgan fingerprint density at radius 3 is 2.18 bits per heavy atom. The summed E-state index contributed by atoms with van der Waals surface area (Å²) in [6.45, 7) is -6.36. The maximum atomic E-state index is 11.3. The molecule has 256 valence electrons. The van der Waals surface area contributed by atoms with Crippen molar-refractivity contribution in [2.75, 3.05) is 16.8 Å². The molecule has 0 amide bonds. The summed E-state index contributed by atoms with van der Waals surface area (Å²) in [5.41, 5.74) is 6.21. The second-order valence-corrected chi connectivity index (χ2v) is 12.7. The summed E-state index contributed by atoms with van der Waals surface area (Å²) in [6, 6.07) is 38.9. The molecule has 0 unspecified atom stereocenters. The molecule has 8 rings (SSSR count). The maximum absolute atomic E-state index is 11.3. The van der Waals surface area contributed by atoms with Gasteiger partial charge in [0.25, 0.3) is 0 Å². The fourth-order valence-electron chi connectivity index (χ4n) is 7.16. The van der Waals surface area contributed by atoms with E-state index in [4.69, 9.17) is 22.3 Å². The quantitative estimate of drug-likeness (QED) is 0.179. The number of aryl methyl sites for hydroxylation is 2. The zero-order valence-corrected chi connectivity index (χ0v) is 30.4. The molecule has 0 atom stereocenters. The molecule has 0 saturated heterocycles. The summed E-state index contributed by atoms with van der Waals surface area (Å²) < 4.78 is 75.2. The Labute approximate surface area is 327 Å². The minimum absolute atomic E-state index is 0. The molecule has 7 aromatic rings. The molecule has 0 fully saturated rings. The average molecular weight is 856 g/mol. The first-order valence-corrected chi connectivity index (χ1v) is 16.3. The fraction of sp³-hybridized carbons (Fsp3) is 0.156. The first-order valence-electron chi connectivity index (χ1n) is 20.8. The van der Waals surface area contributed by atoms with Gasteiger partial charge in [-0.1, -0.05) is 105 Å². The Hall–Kier alpha value is -5.25. The second kappa shape index (κ2) is 13.1. The summed E-state index contributed by atoms with van der Waals surface area (Å²) in [5, 5.41) is 11.2. The molecule has 0 bridgehead atoms. The molecule has 2 aromatic heterocycles. The van der Waals surface area contributed by atoms with Gasteiger partial charge in [0.2, 0.25) is 0 Å². The number of pyridine rings is 2. The van der Waals surface area contributed by atoms with Crippen LogP contribution >= 0.6 is 0 Å². The number of fused-ring (bicyclic) bond motifs is 3. The van der Waals surface area contributed by atoms with E-state index >= 15 is 0 Å². The van der Waals surface area contributed by atoms with Crippen LogP contribution in [0.25, 0.3) is 44.4 Å². The van der Waals surface area contributed by atoms with Crippen molar-refractivity contribution >= 4 is 39.5 Å². The minimum atomic E-state index is -3.50. The van der Waals surface area contributed by atoms with Crippen molar-refractivity contribution in [3.05, 3.63) is 144 Å². The fourth-order valence-corrected chi connectivity index (χ4v) is 7.16. The van der Waals surface area contributed by atoms with Crippen molar-refractivity contribution in [2.45, 2.75) is 39.8 Å². The number of anilines is 5. The van der Waals surface area contributed by atoms with Crippen molar-refractivity contribution in [1.29, 1.82) is 0 Å². The third-order valence-corrected chi connectivity index (χ3v) is 9.37. The van der Waals surface area contributed by atoms with Gasteiger partial charge in [-0.3, -0.25) is 4.98 Å². The van der Waals surface area contributed by atoms with Gasteiger partial charge in [-0.25, -0.2) is 4.98 Å². The van der Waals surface area contributed by atoms with Gasteiger partial charge in [-0.2, -0.15) is 0 Å². The number of phenols is 1. The Morgan fingerprint density at radius 2 is 1.47 bits per heavy atom. The molecule has 0 radical (unpaired) electrons. The van der Waals surface area contributed by atoms with E-state index in [1.165, 1.54) is 6.07 Å². The Morgan fingerprint density at radius 1 is 0.765 bits per heavy atom. The molecule has 0 saturated carbocycles. The standard InChI is InChI=1S/C45H39N4O.Pt/c1-28-24-31(30-14-8-7-9-15-30)25-29(2)42(28)34-26-32(36-21-19-33-35(45(3,4)5)20-22-40(50)43(33)47-36)27-39-44(34)48(6)37-16-10-11-17-38(37)49(39)41-18-12-13-23-46-41;/h7-26,50H,1-6H3;/q-1;/i3D3,4D3,5D3;. The summed E-state index contributed by atoms with van der Waals surface area (Å²) in [7, 11) is 2.01. The van der Waals surface area contributed by atoms with Crippen molar-refractivity contribution in [3.8, 4) is 39.3 Å². The number of phenolic OH excluding ortho intramolecular Hbond substituents is 1. The monoisotopic (exact) mass is 855 g/mol. The molecular formula is C45H39N4OPt-. The van der Waals surface area contributed by atoms with Crippen LogP contribution in [0.3, 0.4) is 0 Å². The van der Waals surface area contributed by atoms with Crippen molar-refractivity contribution in [3.63, 3.8) is 0 Å². The van der Waals surface area contributed by atoms with Crippen LogP contribution in [0.2, 0.25) is 0 Å². The van der Waals surface area contributed by atoms with Crippen LogP contribution in [0.1, 0.15) is 49.6 Å². The van der Waals surface area contributed by atoms with Gasteiger partial charge in [-0.05, 0) is 100 Å². The Kier molecular flexibility index (Phi) is 6.39. The number of aromatic nitrogens is 2. The first-order chi connectivity index (χ1) is 27.8. The van der Waals surface area contributed by atoms with Gasteiger partial charge >= 0.3 is 0 Å². The predicted octanol–water partition coefficient (Wildman–Crippen LogP) is 11.6. The predicted molar refractivity (Wildman–Crippen MR) is 207 cm³/mol. The second-order valence-electron chi connectivity index (χ2n) is 12.7. The Balaban J connectivity index is 0.00000544.